The fraction of sp³-hybridized carbons (Fsp3) is 1.00. The van der Waals surface area contributed by atoms with Crippen molar-refractivity contribution in [3.05, 3.63) is 0 Å². The minimum absolute atomic E-state index is 0.225. The molecule has 2 aliphatic rings. The Bertz CT molecular complexity index is 231. The molecule has 4 nitrogen and oxygen atoms in total. The van der Waals surface area contributed by atoms with Gasteiger partial charge in [-0.2, -0.15) is 0 Å². The van der Waals surface area contributed by atoms with Crippen molar-refractivity contribution in [1.82, 2.24) is 5.32 Å². The Kier molecular flexibility index (Phi) is 5.89. The molecule has 0 aromatic heterocycles. The Balaban J connectivity index is 1.68. The first-order valence-corrected chi connectivity index (χ1v) is 7.43. The monoisotopic (exact) mass is 257 g/mol. The third kappa shape index (κ3) is 3.67. The maximum absolute atomic E-state index is 5.95. The number of ether oxygens (including phenoxy) is 3. The van der Waals surface area contributed by atoms with Gasteiger partial charge in [-0.05, 0) is 39.2 Å². The third-order valence-corrected chi connectivity index (χ3v) is 3.79. The average Bonchev–Trinajstić information content (AvgIpc) is 2.87. The first-order chi connectivity index (χ1) is 8.85. The highest BCUT2D eigenvalue weighted by Crippen LogP contribution is 2.28. The van der Waals surface area contributed by atoms with Gasteiger partial charge in [0.2, 0.25) is 0 Å². The molecule has 0 spiro atoms. The van der Waals surface area contributed by atoms with Gasteiger partial charge in [-0.3, -0.25) is 0 Å². The van der Waals surface area contributed by atoms with E-state index in [1.54, 1.807) is 0 Å². The summed E-state index contributed by atoms with van der Waals surface area (Å²) in [5.41, 5.74) is 0. The van der Waals surface area contributed by atoms with Crippen molar-refractivity contribution >= 4 is 0 Å². The minimum atomic E-state index is 0.225. The Labute approximate surface area is 110 Å². The Morgan fingerprint density at radius 2 is 2.17 bits per heavy atom. The number of hydrogen-bond donors (Lipinski definition) is 1. The molecule has 0 radical (unpaired) electrons. The molecule has 1 heterocycles. The zero-order chi connectivity index (χ0) is 12.8. The highest BCUT2D eigenvalue weighted by atomic mass is 16.6. The summed E-state index contributed by atoms with van der Waals surface area (Å²) >= 11 is 0. The van der Waals surface area contributed by atoms with Gasteiger partial charge in [-0.15, -0.1) is 0 Å². The first-order valence-electron chi connectivity index (χ1n) is 7.43. The molecule has 0 aromatic carbocycles. The van der Waals surface area contributed by atoms with Crippen LogP contribution in [-0.4, -0.2) is 50.7 Å². The minimum Gasteiger partial charge on any atom is -0.376 e. The van der Waals surface area contributed by atoms with E-state index in [2.05, 4.69) is 12.2 Å². The summed E-state index contributed by atoms with van der Waals surface area (Å²) in [5.74, 6) is 0. The van der Waals surface area contributed by atoms with Crippen molar-refractivity contribution in [2.75, 3.05) is 26.4 Å². The molecule has 2 rings (SSSR count). The molecule has 1 N–H and O–H groups in total. The molecule has 1 aliphatic heterocycles. The predicted molar refractivity (Wildman–Crippen MR) is 70.8 cm³/mol. The van der Waals surface area contributed by atoms with Gasteiger partial charge in [0, 0.05) is 19.3 Å². The van der Waals surface area contributed by atoms with E-state index < -0.39 is 0 Å². The van der Waals surface area contributed by atoms with E-state index in [4.69, 9.17) is 14.2 Å². The molecule has 18 heavy (non-hydrogen) atoms. The summed E-state index contributed by atoms with van der Waals surface area (Å²) in [4.78, 5) is 0. The van der Waals surface area contributed by atoms with E-state index in [0.29, 0.717) is 12.1 Å². The molecular formula is C14H27NO3. The maximum atomic E-state index is 5.95. The fourth-order valence-corrected chi connectivity index (χ4v) is 2.70. The molecular weight excluding hydrogens is 230 g/mol. The molecule has 1 aliphatic carbocycles. The lowest BCUT2D eigenvalue weighted by Gasteiger charge is -2.44. The molecule has 4 atom stereocenters. The van der Waals surface area contributed by atoms with Crippen molar-refractivity contribution in [3.63, 3.8) is 0 Å². The SMILES string of the molecule is CCCNC1CC(OCC2CCCO2)C1OCC. The van der Waals surface area contributed by atoms with Crippen molar-refractivity contribution in [3.8, 4) is 0 Å². The molecule has 106 valence electrons. The zero-order valence-corrected chi connectivity index (χ0v) is 11.7. The summed E-state index contributed by atoms with van der Waals surface area (Å²) in [7, 11) is 0. The second kappa shape index (κ2) is 7.43. The Morgan fingerprint density at radius 3 is 2.83 bits per heavy atom. The summed E-state index contributed by atoms with van der Waals surface area (Å²) in [5, 5.41) is 3.53. The zero-order valence-electron chi connectivity index (χ0n) is 11.7. The summed E-state index contributed by atoms with van der Waals surface area (Å²) in [6, 6.07) is 0.472. The van der Waals surface area contributed by atoms with Crippen LogP contribution in [-0.2, 0) is 14.2 Å². The Hall–Kier alpha value is -0.160. The van der Waals surface area contributed by atoms with E-state index >= 15 is 0 Å². The lowest BCUT2D eigenvalue weighted by atomic mass is 9.85. The highest BCUT2D eigenvalue weighted by molar-refractivity contribution is 4.97. The van der Waals surface area contributed by atoms with Crippen LogP contribution in [0.1, 0.15) is 39.5 Å². The number of rotatable bonds is 8. The second-order valence-electron chi connectivity index (χ2n) is 5.22. The fourth-order valence-electron chi connectivity index (χ4n) is 2.70. The van der Waals surface area contributed by atoms with Crippen LogP contribution in [0.4, 0.5) is 0 Å². The molecule has 0 bridgehead atoms. The third-order valence-electron chi connectivity index (χ3n) is 3.79. The van der Waals surface area contributed by atoms with Gasteiger partial charge in [-0.1, -0.05) is 6.92 Å². The van der Waals surface area contributed by atoms with Gasteiger partial charge in [-0.25, -0.2) is 0 Å². The van der Waals surface area contributed by atoms with Crippen LogP contribution in [0.25, 0.3) is 0 Å². The summed E-state index contributed by atoms with van der Waals surface area (Å²) in [6.45, 7) is 7.68. The van der Waals surface area contributed by atoms with E-state index in [1.807, 2.05) is 6.92 Å². The van der Waals surface area contributed by atoms with Crippen molar-refractivity contribution in [1.29, 1.82) is 0 Å². The quantitative estimate of drug-likeness (QED) is 0.719. The van der Waals surface area contributed by atoms with E-state index in [-0.39, 0.29) is 12.2 Å². The lowest BCUT2D eigenvalue weighted by molar-refractivity contribution is -0.156. The van der Waals surface area contributed by atoms with Crippen LogP contribution in [0.2, 0.25) is 0 Å². The van der Waals surface area contributed by atoms with E-state index in [9.17, 15) is 0 Å². The van der Waals surface area contributed by atoms with Crippen LogP contribution in [0, 0.1) is 0 Å². The van der Waals surface area contributed by atoms with Gasteiger partial charge in [0.1, 0.15) is 0 Å². The smallest absolute Gasteiger partial charge is 0.0990 e. The second-order valence-corrected chi connectivity index (χ2v) is 5.22. The number of nitrogens with one attached hydrogen (secondary N) is 1. The molecule has 1 saturated carbocycles. The maximum Gasteiger partial charge on any atom is 0.0990 e. The molecule has 4 heteroatoms. The van der Waals surface area contributed by atoms with Gasteiger partial charge in [0.15, 0.2) is 0 Å². The highest BCUT2D eigenvalue weighted by Gasteiger charge is 2.42. The first kappa shape index (κ1) is 14.3. The largest absolute Gasteiger partial charge is 0.376 e. The van der Waals surface area contributed by atoms with Crippen LogP contribution in [0.5, 0.6) is 0 Å². The van der Waals surface area contributed by atoms with Crippen LogP contribution >= 0.6 is 0 Å². The lowest BCUT2D eigenvalue weighted by Crippen LogP contribution is -2.60. The summed E-state index contributed by atoms with van der Waals surface area (Å²) < 4.78 is 17.3. The molecule has 0 amide bonds. The van der Waals surface area contributed by atoms with Crippen LogP contribution < -0.4 is 5.32 Å². The molecule has 4 unspecified atom stereocenters. The predicted octanol–water partition coefficient (Wildman–Crippen LogP) is 1.73. The normalized spacial score (nSPS) is 35.7. The van der Waals surface area contributed by atoms with Crippen LogP contribution in [0.3, 0.4) is 0 Å². The standard InChI is InChI=1S/C14H27NO3/c1-3-7-15-12-9-13(14(12)16-4-2)18-10-11-6-5-8-17-11/h11-15H,3-10H2,1-2H3. The van der Waals surface area contributed by atoms with E-state index in [1.165, 1.54) is 6.42 Å². The van der Waals surface area contributed by atoms with Gasteiger partial charge in [0.25, 0.3) is 0 Å². The van der Waals surface area contributed by atoms with E-state index in [0.717, 1.165) is 45.6 Å². The van der Waals surface area contributed by atoms with Gasteiger partial charge >= 0.3 is 0 Å². The van der Waals surface area contributed by atoms with Crippen molar-refractivity contribution in [2.45, 2.75) is 63.9 Å². The molecule has 1 saturated heterocycles. The van der Waals surface area contributed by atoms with Gasteiger partial charge in [0.05, 0.1) is 24.9 Å². The van der Waals surface area contributed by atoms with Crippen LogP contribution in [0.15, 0.2) is 0 Å². The summed E-state index contributed by atoms with van der Waals surface area (Å²) in [6.07, 6.45) is 5.34. The molecule has 2 fully saturated rings. The Morgan fingerprint density at radius 1 is 1.28 bits per heavy atom. The van der Waals surface area contributed by atoms with Crippen molar-refractivity contribution in [2.24, 2.45) is 0 Å². The molecule has 0 aromatic rings. The topological polar surface area (TPSA) is 39.7 Å². The average molecular weight is 257 g/mol. The van der Waals surface area contributed by atoms with Gasteiger partial charge < -0.3 is 19.5 Å². The number of hydrogen-bond acceptors (Lipinski definition) is 4. The van der Waals surface area contributed by atoms with Crippen molar-refractivity contribution < 1.29 is 14.2 Å².